The summed E-state index contributed by atoms with van der Waals surface area (Å²) < 4.78 is 15.2. The van der Waals surface area contributed by atoms with Gasteiger partial charge in [0, 0.05) is 6.20 Å². The third-order valence-corrected chi connectivity index (χ3v) is 2.68. The second kappa shape index (κ2) is 4.59. The van der Waals surface area contributed by atoms with Crippen molar-refractivity contribution in [3.05, 3.63) is 52.3 Å². The largest absolute Gasteiger partial charge is 0.390 e. The minimum atomic E-state index is -0.273. The third-order valence-electron chi connectivity index (χ3n) is 2.35. The zero-order valence-electron chi connectivity index (χ0n) is 8.48. The molecule has 16 heavy (non-hydrogen) atoms. The van der Waals surface area contributed by atoms with Crippen molar-refractivity contribution in [2.75, 3.05) is 0 Å². The summed E-state index contributed by atoms with van der Waals surface area (Å²) >= 11 is 5.07. The van der Waals surface area contributed by atoms with Crippen LogP contribution in [0.4, 0.5) is 4.39 Å². The van der Waals surface area contributed by atoms with E-state index in [1.165, 1.54) is 12.1 Å². The number of nitrogens with zero attached hydrogens (tertiary/aromatic N) is 1. The maximum Gasteiger partial charge on any atom is 0.177 e. The van der Waals surface area contributed by atoms with Crippen molar-refractivity contribution in [2.45, 2.75) is 13.2 Å². The molecule has 2 aromatic rings. The van der Waals surface area contributed by atoms with Gasteiger partial charge in [0.25, 0.3) is 0 Å². The molecule has 0 amide bonds. The normalized spacial score (nSPS) is 10.6. The first-order chi connectivity index (χ1) is 7.70. The molecule has 0 aliphatic rings. The number of aromatic nitrogens is 2. The molecule has 0 saturated carbocycles. The number of aliphatic hydroxyl groups is 1. The van der Waals surface area contributed by atoms with Crippen molar-refractivity contribution >= 4 is 12.2 Å². The van der Waals surface area contributed by atoms with Gasteiger partial charge in [-0.25, -0.2) is 4.39 Å². The Bertz CT molecular complexity index is 547. The average molecular weight is 238 g/mol. The SMILES string of the molecule is OCc1c[nH]c(=S)n1Cc1cccc(F)c1. The minimum Gasteiger partial charge on any atom is -0.390 e. The Kier molecular flexibility index (Phi) is 3.17. The Morgan fingerprint density at radius 2 is 2.25 bits per heavy atom. The standard InChI is InChI=1S/C11H11FN2OS/c12-9-3-1-2-8(4-9)6-14-10(7-15)5-13-11(14)16/h1-5,15H,6-7H2,(H,13,16). The number of rotatable bonds is 3. The van der Waals surface area contributed by atoms with Gasteiger partial charge in [-0.15, -0.1) is 0 Å². The van der Waals surface area contributed by atoms with E-state index in [4.69, 9.17) is 17.3 Å². The summed E-state index contributed by atoms with van der Waals surface area (Å²) in [6.07, 6.45) is 1.65. The van der Waals surface area contributed by atoms with Gasteiger partial charge in [0.15, 0.2) is 4.77 Å². The van der Waals surface area contributed by atoms with Crippen LogP contribution in [0.5, 0.6) is 0 Å². The molecular formula is C11H11FN2OS. The molecule has 0 radical (unpaired) electrons. The zero-order valence-corrected chi connectivity index (χ0v) is 9.30. The Balaban J connectivity index is 2.33. The predicted molar refractivity (Wildman–Crippen MR) is 61.0 cm³/mol. The fraction of sp³-hybridized carbons (Fsp3) is 0.182. The fourth-order valence-electron chi connectivity index (χ4n) is 1.55. The lowest BCUT2D eigenvalue weighted by Crippen LogP contribution is -2.04. The van der Waals surface area contributed by atoms with Crippen LogP contribution in [0, 0.1) is 10.6 Å². The number of nitrogens with one attached hydrogen (secondary N) is 1. The Morgan fingerprint density at radius 3 is 2.94 bits per heavy atom. The molecule has 0 saturated heterocycles. The van der Waals surface area contributed by atoms with E-state index >= 15 is 0 Å². The van der Waals surface area contributed by atoms with Gasteiger partial charge >= 0.3 is 0 Å². The molecule has 0 fully saturated rings. The van der Waals surface area contributed by atoms with E-state index in [0.717, 1.165) is 5.56 Å². The van der Waals surface area contributed by atoms with Crippen molar-refractivity contribution in [3.63, 3.8) is 0 Å². The molecule has 1 heterocycles. The summed E-state index contributed by atoms with van der Waals surface area (Å²) in [7, 11) is 0. The number of hydrogen-bond acceptors (Lipinski definition) is 2. The zero-order chi connectivity index (χ0) is 11.5. The maximum atomic E-state index is 13.0. The van der Waals surface area contributed by atoms with Gasteiger partial charge in [-0.3, -0.25) is 0 Å². The summed E-state index contributed by atoms with van der Waals surface area (Å²) in [5.74, 6) is -0.273. The highest BCUT2D eigenvalue weighted by molar-refractivity contribution is 7.71. The molecule has 0 spiro atoms. The number of aromatic amines is 1. The van der Waals surface area contributed by atoms with Gasteiger partial charge in [-0.2, -0.15) is 0 Å². The second-order valence-electron chi connectivity index (χ2n) is 3.46. The maximum absolute atomic E-state index is 13.0. The first-order valence-corrected chi connectivity index (χ1v) is 5.24. The van der Waals surface area contributed by atoms with E-state index in [1.807, 2.05) is 6.07 Å². The number of benzene rings is 1. The number of hydrogen-bond donors (Lipinski definition) is 2. The van der Waals surface area contributed by atoms with Crippen molar-refractivity contribution in [1.82, 2.24) is 9.55 Å². The van der Waals surface area contributed by atoms with Crippen LogP contribution in [0.2, 0.25) is 0 Å². The van der Waals surface area contributed by atoms with Crippen LogP contribution in [0.1, 0.15) is 11.3 Å². The average Bonchev–Trinajstić information content (AvgIpc) is 2.60. The van der Waals surface area contributed by atoms with Crippen LogP contribution in [-0.4, -0.2) is 14.7 Å². The fourth-order valence-corrected chi connectivity index (χ4v) is 1.79. The second-order valence-corrected chi connectivity index (χ2v) is 3.85. The van der Waals surface area contributed by atoms with E-state index in [-0.39, 0.29) is 12.4 Å². The van der Waals surface area contributed by atoms with Gasteiger partial charge in [-0.1, -0.05) is 12.1 Å². The third kappa shape index (κ3) is 2.20. The molecule has 0 atom stereocenters. The number of aliphatic hydroxyl groups excluding tert-OH is 1. The Morgan fingerprint density at radius 1 is 1.44 bits per heavy atom. The van der Waals surface area contributed by atoms with Crippen LogP contribution in [0.25, 0.3) is 0 Å². The van der Waals surface area contributed by atoms with Gasteiger partial charge in [0.1, 0.15) is 5.82 Å². The topological polar surface area (TPSA) is 40.9 Å². The van der Waals surface area contributed by atoms with Gasteiger partial charge in [-0.05, 0) is 29.9 Å². The molecule has 0 unspecified atom stereocenters. The lowest BCUT2D eigenvalue weighted by molar-refractivity contribution is 0.271. The summed E-state index contributed by atoms with van der Waals surface area (Å²) in [6.45, 7) is 0.360. The predicted octanol–water partition coefficient (Wildman–Crippen LogP) is 2.23. The molecule has 2 N–H and O–H groups in total. The van der Waals surface area contributed by atoms with Crippen LogP contribution < -0.4 is 0 Å². The van der Waals surface area contributed by atoms with Gasteiger partial charge < -0.3 is 14.7 Å². The molecule has 84 valence electrons. The summed E-state index contributed by atoms with van der Waals surface area (Å²) in [4.78, 5) is 2.85. The quantitative estimate of drug-likeness (QED) is 0.805. The van der Waals surface area contributed by atoms with Crippen molar-refractivity contribution in [2.24, 2.45) is 0 Å². The highest BCUT2D eigenvalue weighted by Crippen LogP contribution is 2.09. The monoisotopic (exact) mass is 238 g/mol. The van der Waals surface area contributed by atoms with Crippen LogP contribution in [0.3, 0.4) is 0 Å². The molecular weight excluding hydrogens is 227 g/mol. The van der Waals surface area contributed by atoms with E-state index in [1.54, 1.807) is 16.8 Å². The molecule has 1 aromatic carbocycles. The highest BCUT2D eigenvalue weighted by Gasteiger charge is 2.04. The summed E-state index contributed by atoms with van der Waals surface area (Å²) in [5.41, 5.74) is 1.50. The number of H-pyrrole nitrogens is 1. The first-order valence-electron chi connectivity index (χ1n) is 4.83. The van der Waals surface area contributed by atoms with Crippen LogP contribution >= 0.6 is 12.2 Å². The van der Waals surface area contributed by atoms with E-state index in [9.17, 15) is 4.39 Å². The first kappa shape index (κ1) is 11.0. The molecule has 3 nitrogen and oxygen atoms in total. The number of imidazole rings is 1. The van der Waals surface area contributed by atoms with Crippen molar-refractivity contribution < 1.29 is 9.50 Å². The minimum absolute atomic E-state index is 0.0948. The molecule has 0 bridgehead atoms. The molecule has 0 aliphatic heterocycles. The van der Waals surface area contributed by atoms with Gasteiger partial charge in [0.2, 0.25) is 0 Å². The van der Waals surface area contributed by atoms with E-state index < -0.39 is 0 Å². The van der Waals surface area contributed by atoms with Crippen LogP contribution in [-0.2, 0) is 13.2 Å². The van der Waals surface area contributed by atoms with Crippen LogP contribution in [0.15, 0.2) is 30.5 Å². The lowest BCUT2D eigenvalue weighted by atomic mass is 10.2. The van der Waals surface area contributed by atoms with Crippen molar-refractivity contribution in [3.8, 4) is 0 Å². The Hall–Kier alpha value is -1.46. The molecule has 2 rings (SSSR count). The van der Waals surface area contributed by atoms with E-state index in [0.29, 0.717) is 17.0 Å². The van der Waals surface area contributed by atoms with E-state index in [2.05, 4.69) is 4.98 Å². The lowest BCUT2D eigenvalue weighted by Gasteiger charge is -2.06. The molecule has 5 heteroatoms. The van der Waals surface area contributed by atoms with Gasteiger partial charge in [0.05, 0.1) is 18.8 Å². The summed E-state index contributed by atoms with van der Waals surface area (Å²) in [5, 5.41) is 9.10. The molecule has 1 aromatic heterocycles. The molecule has 0 aliphatic carbocycles. The Labute approximate surface area is 97.2 Å². The highest BCUT2D eigenvalue weighted by atomic mass is 32.1. The van der Waals surface area contributed by atoms with Crippen molar-refractivity contribution in [1.29, 1.82) is 0 Å². The smallest absolute Gasteiger partial charge is 0.177 e. The number of halogens is 1. The summed E-state index contributed by atoms with van der Waals surface area (Å²) in [6, 6.07) is 6.32.